The molecule has 0 aromatic heterocycles. The molecule has 2 saturated carbocycles. The van der Waals surface area contributed by atoms with Gasteiger partial charge in [-0.15, -0.1) is 11.8 Å². The molecule has 1 aromatic carbocycles. The fourth-order valence-corrected chi connectivity index (χ4v) is 4.87. The number of esters is 1. The van der Waals surface area contributed by atoms with Crippen molar-refractivity contribution in [2.24, 2.45) is 17.8 Å². The second kappa shape index (κ2) is 8.06. The van der Waals surface area contributed by atoms with E-state index in [1.807, 2.05) is 30.3 Å². The zero-order valence-electron chi connectivity index (χ0n) is 14.1. The molecule has 5 heteroatoms. The molecular weight excluding hydrogens is 322 g/mol. The van der Waals surface area contributed by atoms with Crippen LogP contribution in [0.2, 0.25) is 0 Å². The second-order valence-corrected chi connectivity index (χ2v) is 8.01. The largest absolute Gasteiger partial charge is 0.455 e. The highest BCUT2D eigenvalue weighted by Crippen LogP contribution is 2.49. The van der Waals surface area contributed by atoms with E-state index in [-0.39, 0.29) is 30.3 Å². The summed E-state index contributed by atoms with van der Waals surface area (Å²) in [6, 6.07) is 9.86. The molecule has 1 amide bonds. The summed E-state index contributed by atoms with van der Waals surface area (Å²) in [6.45, 7) is 1.90. The van der Waals surface area contributed by atoms with Gasteiger partial charge in [0.25, 0.3) is 5.91 Å². The number of hydrogen-bond donors (Lipinski definition) is 1. The number of nitrogens with one attached hydrogen (secondary N) is 1. The minimum atomic E-state index is -0.355. The Morgan fingerprint density at radius 2 is 2.04 bits per heavy atom. The van der Waals surface area contributed by atoms with Gasteiger partial charge in [0.15, 0.2) is 6.61 Å². The van der Waals surface area contributed by atoms with Gasteiger partial charge in [-0.1, -0.05) is 24.6 Å². The number of thioether (sulfide) groups is 1. The topological polar surface area (TPSA) is 55.4 Å². The van der Waals surface area contributed by atoms with E-state index in [0.717, 1.165) is 16.7 Å². The van der Waals surface area contributed by atoms with Gasteiger partial charge in [0.2, 0.25) is 0 Å². The minimum Gasteiger partial charge on any atom is -0.455 e. The Morgan fingerprint density at radius 1 is 1.25 bits per heavy atom. The number of rotatable bonds is 7. The molecule has 1 N–H and O–H groups in total. The minimum absolute atomic E-state index is 0.171. The molecule has 24 heavy (non-hydrogen) atoms. The molecule has 4 atom stereocenters. The number of carbonyl (C=O) groups is 2. The Hall–Kier alpha value is -1.49. The van der Waals surface area contributed by atoms with Crippen LogP contribution < -0.4 is 5.32 Å². The Bertz CT molecular complexity index is 577. The van der Waals surface area contributed by atoms with E-state index in [1.165, 1.54) is 37.4 Å². The molecule has 1 aromatic rings. The van der Waals surface area contributed by atoms with Crippen molar-refractivity contribution in [3.8, 4) is 0 Å². The summed E-state index contributed by atoms with van der Waals surface area (Å²) >= 11 is 1.42. The summed E-state index contributed by atoms with van der Waals surface area (Å²) in [5.74, 6) is 1.91. The summed E-state index contributed by atoms with van der Waals surface area (Å²) < 4.78 is 5.08. The Balaban J connectivity index is 1.34. The molecule has 4 nitrogen and oxygen atoms in total. The molecule has 0 radical (unpaired) electrons. The highest BCUT2D eigenvalue weighted by Gasteiger charge is 2.42. The predicted octanol–water partition coefficient (Wildman–Crippen LogP) is 3.26. The number of ether oxygens (including phenoxy) is 1. The van der Waals surface area contributed by atoms with Crippen LogP contribution in [-0.4, -0.2) is 30.3 Å². The van der Waals surface area contributed by atoms with E-state index in [1.54, 1.807) is 0 Å². The van der Waals surface area contributed by atoms with Gasteiger partial charge in [0.1, 0.15) is 0 Å². The maximum Gasteiger partial charge on any atom is 0.316 e. The smallest absolute Gasteiger partial charge is 0.316 e. The third-order valence-corrected chi connectivity index (χ3v) is 6.27. The third-order valence-electron chi connectivity index (χ3n) is 5.29. The SMILES string of the molecule is C[C@H](NC(=O)COC(=O)CSc1ccccc1)[C@@H]1C[C@H]2CC[C@H]1C2. The van der Waals surface area contributed by atoms with Gasteiger partial charge in [-0.25, -0.2) is 0 Å². The summed E-state index contributed by atoms with van der Waals surface area (Å²) in [6.07, 6.45) is 5.23. The Kier molecular flexibility index (Phi) is 5.82. The fourth-order valence-electron chi connectivity index (χ4n) is 4.16. The first-order valence-corrected chi connectivity index (χ1v) is 9.73. The summed E-state index contributed by atoms with van der Waals surface area (Å²) in [4.78, 5) is 24.8. The summed E-state index contributed by atoms with van der Waals surface area (Å²) in [7, 11) is 0. The van der Waals surface area contributed by atoms with E-state index in [2.05, 4.69) is 12.2 Å². The monoisotopic (exact) mass is 347 g/mol. The molecule has 0 heterocycles. The van der Waals surface area contributed by atoms with Crippen molar-refractivity contribution in [3.05, 3.63) is 30.3 Å². The van der Waals surface area contributed by atoms with Gasteiger partial charge in [-0.3, -0.25) is 9.59 Å². The van der Waals surface area contributed by atoms with Crippen molar-refractivity contribution in [2.75, 3.05) is 12.4 Å². The highest BCUT2D eigenvalue weighted by molar-refractivity contribution is 8.00. The Labute approximate surface area is 147 Å². The predicted molar refractivity (Wildman–Crippen MR) is 94.7 cm³/mol. The van der Waals surface area contributed by atoms with Crippen LogP contribution >= 0.6 is 11.8 Å². The van der Waals surface area contributed by atoms with Gasteiger partial charge in [-0.05, 0) is 56.1 Å². The van der Waals surface area contributed by atoms with E-state index in [0.29, 0.717) is 5.92 Å². The zero-order valence-corrected chi connectivity index (χ0v) is 14.9. The van der Waals surface area contributed by atoms with Crippen molar-refractivity contribution >= 4 is 23.6 Å². The van der Waals surface area contributed by atoms with Crippen LogP contribution in [0.15, 0.2) is 35.2 Å². The second-order valence-electron chi connectivity index (χ2n) is 6.96. The molecule has 0 saturated heterocycles. The number of fused-ring (bicyclic) bond motifs is 2. The fraction of sp³-hybridized carbons (Fsp3) is 0.579. The lowest BCUT2D eigenvalue weighted by molar-refractivity contribution is -0.146. The quantitative estimate of drug-likeness (QED) is 0.608. The van der Waals surface area contributed by atoms with Crippen molar-refractivity contribution in [2.45, 2.75) is 43.5 Å². The standard InChI is InChI=1S/C19H25NO3S/c1-13(17-10-14-7-8-15(17)9-14)20-18(21)11-23-19(22)12-24-16-5-3-2-4-6-16/h2-6,13-15,17H,7-12H2,1H3,(H,20,21)/t13-,14-,15-,17-/m0/s1. The lowest BCUT2D eigenvalue weighted by Crippen LogP contribution is -2.42. The summed E-state index contributed by atoms with van der Waals surface area (Å²) in [5.41, 5.74) is 0. The van der Waals surface area contributed by atoms with Crippen LogP contribution in [0.25, 0.3) is 0 Å². The number of amides is 1. The molecule has 2 bridgehead atoms. The molecule has 3 rings (SSSR count). The third kappa shape index (κ3) is 4.53. The molecular formula is C19H25NO3S. The maximum absolute atomic E-state index is 12.0. The molecule has 0 spiro atoms. The van der Waals surface area contributed by atoms with Gasteiger partial charge in [0.05, 0.1) is 5.75 Å². The van der Waals surface area contributed by atoms with E-state index >= 15 is 0 Å². The van der Waals surface area contributed by atoms with Crippen LogP contribution in [0, 0.1) is 17.8 Å². The van der Waals surface area contributed by atoms with Crippen LogP contribution in [0.4, 0.5) is 0 Å². The van der Waals surface area contributed by atoms with E-state index in [9.17, 15) is 9.59 Å². The van der Waals surface area contributed by atoms with Crippen molar-refractivity contribution in [1.82, 2.24) is 5.32 Å². The van der Waals surface area contributed by atoms with Crippen molar-refractivity contribution < 1.29 is 14.3 Å². The van der Waals surface area contributed by atoms with Gasteiger partial charge in [0, 0.05) is 10.9 Å². The van der Waals surface area contributed by atoms with Crippen LogP contribution in [0.1, 0.15) is 32.6 Å². The highest BCUT2D eigenvalue weighted by atomic mass is 32.2. The maximum atomic E-state index is 12.0. The number of carbonyl (C=O) groups excluding carboxylic acids is 2. The molecule has 2 fully saturated rings. The lowest BCUT2D eigenvalue weighted by Gasteiger charge is -2.28. The average molecular weight is 347 g/mol. The van der Waals surface area contributed by atoms with Crippen LogP contribution in [-0.2, 0) is 14.3 Å². The normalized spacial score (nSPS) is 26.1. The Morgan fingerprint density at radius 3 is 2.71 bits per heavy atom. The van der Waals surface area contributed by atoms with Crippen LogP contribution in [0.3, 0.4) is 0 Å². The molecule has 0 unspecified atom stereocenters. The molecule has 130 valence electrons. The first-order chi connectivity index (χ1) is 11.6. The van der Waals surface area contributed by atoms with Crippen LogP contribution in [0.5, 0.6) is 0 Å². The van der Waals surface area contributed by atoms with Gasteiger partial charge >= 0.3 is 5.97 Å². The average Bonchev–Trinajstić information content (AvgIpc) is 3.22. The first-order valence-electron chi connectivity index (χ1n) is 8.74. The van der Waals surface area contributed by atoms with Gasteiger partial charge in [-0.2, -0.15) is 0 Å². The van der Waals surface area contributed by atoms with Gasteiger partial charge < -0.3 is 10.1 Å². The summed E-state index contributed by atoms with van der Waals surface area (Å²) in [5, 5.41) is 3.01. The molecule has 2 aliphatic carbocycles. The number of hydrogen-bond acceptors (Lipinski definition) is 4. The molecule has 2 aliphatic rings. The molecule has 0 aliphatic heterocycles. The zero-order chi connectivity index (χ0) is 16.9. The van der Waals surface area contributed by atoms with Crippen molar-refractivity contribution in [3.63, 3.8) is 0 Å². The first kappa shape index (κ1) is 17.3. The van der Waals surface area contributed by atoms with E-state index in [4.69, 9.17) is 4.74 Å². The lowest BCUT2D eigenvalue weighted by atomic mass is 9.84. The number of benzene rings is 1. The van der Waals surface area contributed by atoms with Crippen molar-refractivity contribution in [1.29, 1.82) is 0 Å². The van der Waals surface area contributed by atoms with E-state index < -0.39 is 0 Å².